The second kappa shape index (κ2) is 7.24. The second-order valence-electron chi connectivity index (χ2n) is 10.0. The number of amides is 1. The molecule has 0 saturated carbocycles. The van der Waals surface area contributed by atoms with Crippen molar-refractivity contribution in [3.05, 3.63) is 46.2 Å². The van der Waals surface area contributed by atoms with Gasteiger partial charge in [0.2, 0.25) is 0 Å². The molecule has 2 saturated heterocycles. The predicted octanol–water partition coefficient (Wildman–Crippen LogP) is 4.55. The lowest BCUT2D eigenvalue weighted by Gasteiger charge is -2.54. The molecule has 0 aliphatic carbocycles. The van der Waals surface area contributed by atoms with Crippen LogP contribution in [0.5, 0.6) is 5.75 Å². The second-order valence-corrected chi connectivity index (χ2v) is 10.5. The molecule has 1 aromatic carbocycles. The fourth-order valence-corrected chi connectivity index (χ4v) is 5.82. The molecule has 6 nitrogen and oxygen atoms in total. The average molecular weight is 444 g/mol. The molecule has 0 N–H and O–H groups in total. The molecule has 1 spiro atoms. The van der Waals surface area contributed by atoms with Crippen molar-refractivity contribution in [1.29, 1.82) is 0 Å². The molecule has 2 aromatic rings. The number of rotatable bonds is 1. The molecule has 2 fully saturated rings. The van der Waals surface area contributed by atoms with Gasteiger partial charge >= 0.3 is 0 Å². The SMILES string of the molecule is Cc1nn(C)cc1C(=O)N1CCC2(CC1)CO[C@@H]1c3cc(Cl)ccc3OC(C)(C)[C@H]1C2. The van der Waals surface area contributed by atoms with Crippen LogP contribution in [0.2, 0.25) is 5.02 Å². The van der Waals surface area contributed by atoms with E-state index in [0.717, 1.165) is 49.4 Å². The third-order valence-corrected chi connectivity index (χ3v) is 7.72. The maximum atomic E-state index is 13.0. The Kier molecular flexibility index (Phi) is 4.87. The Bertz CT molecular complexity index is 1020. The van der Waals surface area contributed by atoms with Crippen molar-refractivity contribution < 1.29 is 14.3 Å². The molecule has 1 amide bonds. The van der Waals surface area contributed by atoms with Crippen molar-refractivity contribution in [3.8, 4) is 5.75 Å². The first-order valence-electron chi connectivity index (χ1n) is 11.1. The zero-order valence-corrected chi connectivity index (χ0v) is 19.4. The molecular weight excluding hydrogens is 414 g/mol. The van der Waals surface area contributed by atoms with Crippen molar-refractivity contribution in [1.82, 2.24) is 14.7 Å². The van der Waals surface area contributed by atoms with Crippen LogP contribution in [0, 0.1) is 18.3 Å². The van der Waals surface area contributed by atoms with Crippen molar-refractivity contribution in [2.75, 3.05) is 19.7 Å². The van der Waals surface area contributed by atoms with Gasteiger partial charge in [0.1, 0.15) is 11.4 Å². The van der Waals surface area contributed by atoms with Gasteiger partial charge in [0.15, 0.2) is 0 Å². The molecule has 4 heterocycles. The van der Waals surface area contributed by atoms with Gasteiger partial charge < -0.3 is 14.4 Å². The van der Waals surface area contributed by atoms with Gasteiger partial charge in [0.25, 0.3) is 5.91 Å². The molecule has 7 heteroatoms. The van der Waals surface area contributed by atoms with E-state index in [9.17, 15) is 4.79 Å². The summed E-state index contributed by atoms with van der Waals surface area (Å²) in [6, 6.07) is 5.81. The molecule has 2 atom stereocenters. The van der Waals surface area contributed by atoms with Crippen molar-refractivity contribution in [3.63, 3.8) is 0 Å². The Balaban J connectivity index is 1.33. The van der Waals surface area contributed by atoms with E-state index in [0.29, 0.717) is 17.2 Å². The Morgan fingerprint density at radius 3 is 2.68 bits per heavy atom. The van der Waals surface area contributed by atoms with Crippen LogP contribution in [-0.2, 0) is 11.8 Å². The number of carbonyl (C=O) groups is 1. The number of benzene rings is 1. The van der Waals surface area contributed by atoms with Crippen LogP contribution in [0.15, 0.2) is 24.4 Å². The van der Waals surface area contributed by atoms with Crippen LogP contribution in [-0.4, -0.2) is 45.9 Å². The molecule has 166 valence electrons. The zero-order chi connectivity index (χ0) is 22.0. The largest absolute Gasteiger partial charge is 0.487 e. The number of hydrogen-bond acceptors (Lipinski definition) is 4. The van der Waals surface area contributed by atoms with E-state index in [1.165, 1.54) is 0 Å². The molecular formula is C24H30ClN3O3. The van der Waals surface area contributed by atoms with Gasteiger partial charge in [-0.05, 0) is 63.6 Å². The predicted molar refractivity (Wildman–Crippen MR) is 118 cm³/mol. The Labute approximate surface area is 188 Å². The van der Waals surface area contributed by atoms with Crippen LogP contribution >= 0.6 is 11.6 Å². The lowest BCUT2D eigenvalue weighted by atomic mass is 9.64. The topological polar surface area (TPSA) is 56.6 Å². The Morgan fingerprint density at radius 1 is 1.26 bits per heavy atom. The van der Waals surface area contributed by atoms with Crippen molar-refractivity contribution in [2.45, 2.75) is 51.7 Å². The third kappa shape index (κ3) is 3.54. The summed E-state index contributed by atoms with van der Waals surface area (Å²) >= 11 is 6.28. The number of hydrogen-bond donors (Lipinski definition) is 0. The van der Waals surface area contributed by atoms with E-state index in [1.54, 1.807) is 4.68 Å². The number of halogens is 1. The Morgan fingerprint density at radius 2 is 2.00 bits per heavy atom. The highest BCUT2D eigenvalue weighted by Crippen LogP contribution is 2.55. The summed E-state index contributed by atoms with van der Waals surface area (Å²) in [6.07, 6.45) is 4.74. The number of fused-ring (bicyclic) bond motifs is 3. The smallest absolute Gasteiger partial charge is 0.257 e. The van der Waals surface area contributed by atoms with Crippen LogP contribution < -0.4 is 4.74 Å². The molecule has 0 radical (unpaired) electrons. The summed E-state index contributed by atoms with van der Waals surface area (Å²) in [7, 11) is 1.85. The number of carbonyl (C=O) groups excluding carboxylic acids is 1. The normalized spacial score (nSPS) is 26.2. The molecule has 0 unspecified atom stereocenters. The van der Waals surface area contributed by atoms with Crippen LogP contribution in [0.1, 0.15) is 60.8 Å². The summed E-state index contributed by atoms with van der Waals surface area (Å²) in [6.45, 7) is 8.42. The monoisotopic (exact) mass is 443 g/mol. The number of aromatic nitrogens is 2. The van der Waals surface area contributed by atoms with Crippen LogP contribution in [0.3, 0.4) is 0 Å². The van der Waals surface area contributed by atoms with Gasteiger partial charge in [-0.25, -0.2) is 0 Å². The van der Waals surface area contributed by atoms with Gasteiger partial charge in [0, 0.05) is 42.8 Å². The average Bonchev–Trinajstić information content (AvgIpc) is 3.07. The summed E-state index contributed by atoms with van der Waals surface area (Å²) in [5.41, 5.74) is 2.31. The first-order chi connectivity index (χ1) is 14.7. The van der Waals surface area contributed by atoms with E-state index in [1.807, 2.05) is 43.3 Å². The summed E-state index contributed by atoms with van der Waals surface area (Å²) in [4.78, 5) is 15.0. The van der Waals surface area contributed by atoms with Gasteiger partial charge in [-0.1, -0.05) is 11.6 Å². The molecule has 1 aromatic heterocycles. The highest BCUT2D eigenvalue weighted by molar-refractivity contribution is 6.30. The van der Waals surface area contributed by atoms with Crippen molar-refractivity contribution in [2.24, 2.45) is 18.4 Å². The third-order valence-electron chi connectivity index (χ3n) is 7.49. The molecule has 31 heavy (non-hydrogen) atoms. The number of aryl methyl sites for hydroxylation is 2. The van der Waals surface area contributed by atoms with Crippen LogP contribution in [0.25, 0.3) is 0 Å². The number of nitrogens with zero attached hydrogens (tertiary/aromatic N) is 3. The van der Waals surface area contributed by atoms with E-state index >= 15 is 0 Å². The number of ether oxygens (including phenoxy) is 2. The molecule has 5 rings (SSSR count). The lowest BCUT2D eigenvalue weighted by Crippen LogP contribution is -2.54. The highest BCUT2D eigenvalue weighted by atomic mass is 35.5. The summed E-state index contributed by atoms with van der Waals surface area (Å²) in [5.74, 6) is 1.20. The fourth-order valence-electron chi connectivity index (χ4n) is 5.64. The van der Waals surface area contributed by atoms with Gasteiger partial charge in [0.05, 0.1) is 24.0 Å². The van der Waals surface area contributed by atoms with Crippen molar-refractivity contribution >= 4 is 17.5 Å². The first kappa shape index (κ1) is 20.8. The molecule has 0 bridgehead atoms. The minimum atomic E-state index is -0.321. The van der Waals surface area contributed by atoms with E-state index in [2.05, 4.69) is 18.9 Å². The minimum absolute atomic E-state index is 0.000722. The van der Waals surface area contributed by atoms with Gasteiger partial charge in [-0.15, -0.1) is 0 Å². The quantitative estimate of drug-likeness (QED) is 0.648. The lowest BCUT2D eigenvalue weighted by molar-refractivity contribution is -0.173. The van der Waals surface area contributed by atoms with E-state index in [4.69, 9.17) is 21.1 Å². The fraction of sp³-hybridized carbons (Fsp3) is 0.583. The van der Waals surface area contributed by atoms with Crippen LogP contribution in [0.4, 0.5) is 0 Å². The maximum Gasteiger partial charge on any atom is 0.257 e. The summed E-state index contributed by atoms with van der Waals surface area (Å²) in [5, 5.41) is 5.03. The van der Waals surface area contributed by atoms with Gasteiger partial charge in [-0.3, -0.25) is 9.48 Å². The minimum Gasteiger partial charge on any atom is -0.487 e. The summed E-state index contributed by atoms with van der Waals surface area (Å²) < 4.78 is 14.6. The van der Waals surface area contributed by atoms with E-state index in [-0.39, 0.29) is 28.9 Å². The first-order valence-corrected chi connectivity index (χ1v) is 11.4. The number of piperidine rings is 1. The van der Waals surface area contributed by atoms with E-state index < -0.39 is 0 Å². The zero-order valence-electron chi connectivity index (χ0n) is 18.7. The Hall–Kier alpha value is -2.05. The molecule has 3 aliphatic rings. The number of likely N-dealkylation sites (tertiary alicyclic amines) is 1. The molecule has 3 aliphatic heterocycles. The maximum absolute atomic E-state index is 13.0. The highest BCUT2D eigenvalue weighted by Gasteiger charge is 2.53. The standard InChI is InChI=1S/C24H30ClN3O3/c1-15-18(13-27(4)26-15)22(29)28-9-7-24(8-10-28)12-19-21(30-14-24)17-11-16(25)5-6-20(17)31-23(19,2)3/h5-6,11,13,19,21H,7-10,12,14H2,1-4H3/t19-,21+/m0/s1. The van der Waals surface area contributed by atoms with Gasteiger partial charge in [-0.2, -0.15) is 5.10 Å².